The van der Waals surface area contributed by atoms with Gasteiger partial charge in [-0.3, -0.25) is 4.99 Å². The van der Waals surface area contributed by atoms with Crippen molar-refractivity contribution < 1.29 is 4.39 Å². The number of fused-ring (bicyclic) bond motifs is 1. The zero-order chi connectivity index (χ0) is 20.8. The van der Waals surface area contributed by atoms with E-state index in [2.05, 4.69) is 49.9 Å². The molecule has 6 nitrogen and oxygen atoms in total. The van der Waals surface area contributed by atoms with Gasteiger partial charge in [-0.25, -0.2) is 9.37 Å². The van der Waals surface area contributed by atoms with Crippen LogP contribution in [0.2, 0.25) is 0 Å². The maximum Gasteiger partial charge on any atom is 0.191 e. The molecule has 0 spiro atoms. The Bertz CT molecular complexity index is 1110. The summed E-state index contributed by atoms with van der Waals surface area (Å²) in [6.45, 7) is 2.24. The summed E-state index contributed by atoms with van der Waals surface area (Å²) in [5.74, 6) is 0.525. The van der Waals surface area contributed by atoms with Gasteiger partial charge < -0.3 is 20.2 Å². The Labute approximate surface area is 174 Å². The summed E-state index contributed by atoms with van der Waals surface area (Å²) in [5, 5.41) is 7.73. The fourth-order valence-corrected chi connectivity index (χ4v) is 3.44. The molecule has 4 aromatic rings. The standard InChI is InChI=1S/C23H25FN6/c1-25-23(27-9-8-19-14-28-22-12-20(24)6-7-21(19)22)29-13-17-2-4-18(5-3-17)15-30-11-10-26-16-30/h2-7,10-12,14,16,28H,8-9,13,15H2,1H3,(H2,25,27,29). The predicted octanol–water partition coefficient (Wildman–Crippen LogP) is 3.46. The van der Waals surface area contributed by atoms with Crippen LogP contribution in [0, 0.1) is 5.82 Å². The number of aromatic nitrogens is 3. The van der Waals surface area contributed by atoms with Crippen LogP contribution < -0.4 is 10.6 Å². The molecule has 0 unspecified atom stereocenters. The molecule has 2 aromatic heterocycles. The number of nitrogens with one attached hydrogen (secondary N) is 3. The SMILES string of the molecule is CN=C(NCCc1c[nH]c2cc(F)ccc12)NCc1ccc(Cn2ccnc2)cc1. The highest BCUT2D eigenvalue weighted by molar-refractivity contribution is 5.83. The average Bonchev–Trinajstić information content (AvgIpc) is 3.41. The monoisotopic (exact) mass is 404 g/mol. The normalized spacial score (nSPS) is 11.7. The van der Waals surface area contributed by atoms with Crippen LogP contribution in [0.3, 0.4) is 0 Å². The molecule has 0 fully saturated rings. The fraction of sp³-hybridized carbons (Fsp3) is 0.217. The van der Waals surface area contributed by atoms with Crippen molar-refractivity contribution in [2.45, 2.75) is 19.5 Å². The molecule has 0 radical (unpaired) electrons. The summed E-state index contributed by atoms with van der Waals surface area (Å²) in [6, 6.07) is 13.3. The van der Waals surface area contributed by atoms with Gasteiger partial charge in [0.1, 0.15) is 5.82 Å². The Hall–Kier alpha value is -3.61. The molecule has 154 valence electrons. The van der Waals surface area contributed by atoms with Gasteiger partial charge in [0.05, 0.1) is 6.33 Å². The molecule has 7 heteroatoms. The van der Waals surface area contributed by atoms with Gasteiger partial charge in [-0.15, -0.1) is 0 Å². The zero-order valence-electron chi connectivity index (χ0n) is 16.9. The maximum atomic E-state index is 13.3. The zero-order valence-corrected chi connectivity index (χ0v) is 16.9. The Morgan fingerprint density at radius 1 is 1.13 bits per heavy atom. The minimum Gasteiger partial charge on any atom is -0.361 e. The van der Waals surface area contributed by atoms with Gasteiger partial charge in [0.15, 0.2) is 5.96 Å². The molecule has 0 saturated heterocycles. The lowest BCUT2D eigenvalue weighted by Gasteiger charge is -2.12. The van der Waals surface area contributed by atoms with Crippen molar-refractivity contribution in [3.05, 3.63) is 89.9 Å². The molecular formula is C23H25FN6. The average molecular weight is 404 g/mol. The molecular weight excluding hydrogens is 379 g/mol. The van der Waals surface area contributed by atoms with Crippen molar-refractivity contribution in [2.24, 2.45) is 4.99 Å². The summed E-state index contributed by atoms with van der Waals surface area (Å²) >= 11 is 0. The molecule has 0 saturated carbocycles. The number of nitrogens with zero attached hydrogens (tertiary/aromatic N) is 3. The van der Waals surface area contributed by atoms with Crippen molar-refractivity contribution in [2.75, 3.05) is 13.6 Å². The highest BCUT2D eigenvalue weighted by Gasteiger charge is 2.05. The number of rotatable bonds is 7. The number of aliphatic imine (C=N–C) groups is 1. The van der Waals surface area contributed by atoms with Crippen molar-refractivity contribution >= 4 is 16.9 Å². The number of H-pyrrole nitrogens is 1. The second kappa shape index (κ2) is 9.26. The van der Waals surface area contributed by atoms with Crippen molar-refractivity contribution in [1.29, 1.82) is 0 Å². The van der Waals surface area contributed by atoms with Crippen LogP contribution >= 0.6 is 0 Å². The predicted molar refractivity (Wildman–Crippen MR) is 118 cm³/mol. The quantitative estimate of drug-likeness (QED) is 0.326. The van der Waals surface area contributed by atoms with Gasteiger partial charge in [0.2, 0.25) is 0 Å². The molecule has 4 rings (SSSR count). The van der Waals surface area contributed by atoms with Crippen LogP contribution in [0.25, 0.3) is 10.9 Å². The van der Waals surface area contributed by atoms with Crippen LogP contribution in [0.5, 0.6) is 0 Å². The van der Waals surface area contributed by atoms with E-state index < -0.39 is 0 Å². The van der Waals surface area contributed by atoms with Crippen LogP contribution in [0.1, 0.15) is 16.7 Å². The minimum absolute atomic E-state index is 0.228. The van der Waals surface area contributed by atoms with Crippen LogP contribution in [-0.2, 0) is 19.5 Å². The van der Waals surface area contributed by atoms with Crippen molar-refractivity contribution in [3.63, 3.8) is 0 Å². The first-order valence-electron chi connectivity index (χ1n) is 9.95. The second-order valence-electron chi connectivity index (χ2n) is 7.16. The highest BCUT2D eigenvalue weighted by atomic mass is 19.1. The molecule has 30 heavy (non-hydrogen) atoms. The largest absolute Gasteiger partial charge is 0.361 e. The van der Waals surface area contributed by atoms with E-state index in [-0.39, 0.29) is 5.82 Å². The summed E-state index contributed by atoms with van der Waals surface area (Å²) in [6.07, 6.45) is 8.32. The van der Waals surface area contributed by atoms with Gasteiger partial charge in [-0.1, -0.05) is 24.3 Å². The second-order valence-corrected chi connectivity index (χ2v) is 7.16. The van der Waals surface area contributed by atoms with Gasteiger partial charge in [0.25, 0.3) is 0 Å². The third kappa shape index (κ3) is 4.86. The third-order valence-electron chi connectivity index (χ3n) is 5.05. The molecule has 0 bridgehead atoms. The van der Waals surface area contributed by atoms with Crippen LogP contribution in [0.4, 0.5) is 4.39 Å². The lowest BCUT2D eigenvalue weighted by atomic mass is 10.1. The van der Waals surface area contributed by atoms with Crippen molar-refractivity contribution in [1.82, 2.24) is 25.2 Å². The van der Waals surface area contributed by atoms with E-state index in [0.717, 1.165) is 41.9 Å². The van der Waals surface area contributed by atoms with E-state index in [1.54, 1.807) is 13.2 Å². The Morgan fingerprint density at radius 3 is 2.73 bits per heavy atom. The number of benzene rings is 2. The molecule has 0 atom stereocenters. The first-order chi connectivity index (χ1) is 14.7. The first kappa shape index (κ1) is 19.7. The van der Waals surface area contributed by atoms with Gasteiger partial charge in [-0.2, -0.15) is 0 Å². The van der Waals surface area contributed by atoms with E-state index in [9.17, 15) is 4.39 Å². The first-order valence-corrected chi connectivity index (χ1v) is 9.95. The van der Waals surface area contributed by atoms with Crippen molar-refractivity contribution in [3.8, 4) is 0 Å². The third-order valence-corrected chi connectivity index (χ3v) is 5.05. The number of hydrogen-bond donors (Lipinski definition) is 3. The maximum absolute atomic E-state index is 13.3. The lowest BCUT2D eigenvalue weighted by molar-refractivity contribution is 0.629. The van der Waals surface area contributed by atoms with E-state index in [1.165, 1.54) is 23.3 Å². The Balaban J connectivity index is 1.25. The number of guanidine groups is 1. The molecule has 0 aliphatic rings. The summed E-state index contributed by atoms with van der Waals surface area (Å²) in [4.78, 5) is 11.5. The topological polar surface area (TPSA) is 70.0 Å². The molecule has 0 aliphatic carbocycles. The van der Waals surface area contributed by atoms with E-state index in [4.69, 9.17) is 0 Å². The van der Waals surface area contributed by atoms with Gasteiger partial charge in [0, 0.05) is 56.2 Å². The lowest BCUT2D eigenvalue weighted by Crippen LogP contribution is -2.37. The Kier molecular flexibility index (Phi) is 6.08. The number of hydrogen-bond acceptors (Lipinski definition) is 2. The summed E-state index contributed by atoms with van der Waals surface area (Å²) < 4.78 is 15.4. The van der Waals surface area contributed by atoms with Crippen LogP contribution in [0.15, 0.2) is 72.4 Å². The van der Waals surface area contributed by atoms with E-state index >= 15 is 0 Å². The summed E-state index contributed by atoms with van der Waals surface area (Å²) in [5.41, 5.74) is 4.40. The number of halogens is 1. The minimum atomic E-state index is -0.228. The van der Waals surface area contributed by atoms with Gasteiger partial charge >= 0.3 is 0 Å². The summed E-state index contributed by atoms with van der Waals surface area (Å²) in [7, 11) is 1.76. The highest BCUT2D eigenvalue weighted by Crippen LogP contribution is 2.19. The molecule has 0 amide bonds. The van der Waals surface area contributed by atoms with Crippen LogP contribution in [-0.4, -0.2) is 34.1 Å². The number of imidazole rings is 1. The smallest absolute Gasteiger partial charge is 0.191 e. The molecule has 3 N–H and O–H groups in total. The fourth-order valence-electron chi connectivity index (χ4n) is 3.44. The molecule has 0 aliphatic heterocycles. The van der Waals surface area contributed by atoms with E-state index in [1.807, 2.05) is 29.4 Å². The molecule has 2 aromatic carbocycles. The Morgan fingerprint density at radius 2 is 1.97 bits per heavy atom. The molecule has 2 heterocycles. The number of aromatic amines is 1. The van der Waals surface area contributed by atoms with E-state index in [0.29, 0.717) is 6.54 Å². The van der Waals surface area contributed by atoms with Gasteiger partial charge in [-0.05, 0) is 41.3 Å².